The quantitative estimate of drug-likeness (QED) is 0.139. The summed E-state index contributed by atoms with van der Waals surface area (Å²) < 4.78 is 23.1. The number of halogens is 2. The number of pyridine rings is 1. The summed E-state index contributed by atoms with van der Waals surface area (Å²) in [5.74, 6) is 0.908. The lowest BCUT2D eigenvalue weighted by molar-refractivity contribution is -0.377. The molecule has 1 unspecified atom stereocenters. The van der Waals surface area contributed by atoms with Gasteiger partial charge in [0.1, 0.15) is 28.3 Å². The number of aromatic amines is 1. The lowest BCUT2D eigenvalue weighted by Crippen LogP contribution is -2.52. The highest BCUT2D eigenvalue weighted by atomic mass is 35.5. The Bertz CT molecular complexity index is 1750. The van der Waals surface area contributed by atoms with E-state index in [0.29, 0.717) is 51.6 Å². The maximum Gasteiger partial charge on any atom is 0.328 e. The molecule has 0 radical (unpaired) electrons. The van der Waals surface area contributed by atoms with Gasteiger partial charge in [0.2, 0.25) is 0 Å². The molecule has 2 aromatic heterocycles. The van der Waals surface area contributed by atoms with E-state index in [1.54, 1.807) is 50.1 Å². The molecular formula is C38H43Cl2N3O7S. The molecule has 2 aromatic carbocycles. The molecule has 10 nitrogen and oxygen atoms in total. The maximum absolute atomic E-state index is 13.5. The summed E-state index contributed by atoms with van der Waals surface area (Å²) >= 11 is 14.5. The molecule has 3 fully saturated rings. The Morgan fingerprint density at radius 2 is 1.65 bits per heavy atom. The summed E-state index contributed by atoms with van der Waals surface area (Å²) in [5, 5.41) is 4.33. The van der Waals surface area contributed by atoms with Crippen LogP contribution in [0.2, 0.25) is 10.0 Å². The Morgan fingerprint density at radius 3 is 2.31 bits per heavy atom. The van der Waals surface area contributed by atoms with Gasteiger partial charge >= 0.3 is 11.9 Å². The number of methoxy groups -OCH3 is 2. The minimum Gasteiger partial charge on any atom is -0.870 e. The smallest absolute Gasteiger partial charge is 0.328 e. The summed E-state index contributed by atoms with van der Waals surface area (Å²) in [5.41, 5.74) is 2.26. The van der Waals surface area contributed by atoms with Gasteiger partial charge in [-0.3, -0.25) is 9.69 Å². The third kappa shape index (κ3) is 9.79. The molecule has 3 saturated heterocycles. The molecule has 51 heavy (non-hydrogen) atoms. The normalized spacial score (nSPS) is 19.0. The predicted molar refractivity (Wildman–Crippen MR) is 195 cm³/mol. The van der Waals surface area contributed by atoms with Gasteiger partial charge in [-0.2, -0.15) is 0 Å². The van der Waals surface area contributed by atoms with Crippen molar-refractivity contribution in [1.29, 1.82) is 0 Å². The molecule has 3 N–H and O–H groups in total. The molecule has 272 valence electrons. The average Bonchev–Trinajstić information content (AvgIpc) is 3.58. The number of fused-ring (bicyclic) bond motifs is 3. The number of aromatic nitrogens is 1. The van der Waals surface area contributed by atoms with Gasteiger partial charge in [0, 0.05) is 34.8 Å². The van der Waals surface area contributed by atoms with Crippen LogP contribution in [-0.4, -0.2) is 68.8 Å². The zero-order chi connectivity index (χ0) is 35.0. The van der Waals surface area contributed by atoms with Gasteiger partial charge in [-0.25, -0.2) is 9.78 Å². The molecule has 0 saturated carbocycles. The molecule has 4 aromatic rings. The average molecular weight is 757 g/mol. The molecular weight excluding hydrogens is 713 g/mol. The fraction of sp³-hybridized carbons (Fsp3) is 0.395. The minimum atomic E-state index is -0.681. The van der Waals surface area contributed by atoms with Crippen LogP contribution in [0.4, 0.5) is 0 Å². The van der Waals surface area contributed by atoms with Crippen LogP contribution in [-0.2, 0) is 38.3 Å². The Labute approximate surface area is 312 Å². The number of benzene rings is 2. The van der Waals surface area contributed by atoms with Gasteiger partial charge in [0.05, 0.1) is 20.6 Å². The summed E-state index contributed by atoms with van der Waals surface area (Å²) in [6.45, 7) is 3.57. The molecule has 7 rings (SSSR count). The Morgan fingerprint density at radius 1 is 0.941 bits per heavy atom. The van der Waals surface area contributed by atoms with Gasteiger partial charge in [-0.15, -0.1) is 11.3 Å². The van der Waals surface area contributed by atoms with Crippen molar-refractivity contribution in [2.45, 2.75) is 50.4 Å². The highest BCUT2D eigenvalue weighted by molar-refractivity contribution is 7.12. The first-order chi connectivity index (χ1) is 24.3. The second-order valence-corrected chi connectivity index (χ2v) is 14.7. The number of nitrogens with zero attached hydrogens (tertiary/aromatic N) is 1. The highest BCUT2D eigenvalue weighted by Gasteiger charge is 2.38. The molecule has 0 spiro atoms. The maximum atomic E-state index is 13.5. The first-order valence-corrected chi connectivity index (χ1v) is 18.4. The van der Waals surface area contributed by atoms with E-state index in [1.807, 2.05) is 48.5 Å². The lowest BCUT2D eigenvalue weighted by Gasteiger charge is -2.44. The number of rotatable bonds is 15. The number of ether oxygens (including phenoxy) is 4. The van der Waals surface area contributed by atoms with Crippen molar-refractivity contribution in [1.82, 2.24) is 10.2 Å². The van der Waals surface area contributed by atoms with Crippen LogP contribution in [0.25, 0.3) is 0 Å². The molecule has 3 aliphatic rings. The number of esters is 2. The number of carbonyl (C=O) groups excluding carboxylic acids is 2. The summed E-state index contributed by atoms with van der Waals surface area (Å²) in [6, 6.07) is 18.5. The monoisotopic (exact) mass is 755 g/mol. The second-order valence-electron chi connectivity index (χ2n) is 12.6. The van der Waals surface area contributed by atoms with Gasteiger partial charge in [0.15, 0.2) is 23.9 Å². The van der Waals surface area contributed by atoms with Crippen LogP contribution in [0.15, 0.2) is 73.1 Å². The Balaban J connectivity index is 0.00000504. The minimum absolute atomic E-state index is 0. The highest BCUT2D eigenvalue weighted by Crippen LogP contribution is 2.35. The van der Waals surface area contributed by atoms with Gasteiger partial charge in [-0.1, -0.05) is 59.6 Å². The molecule has 13 heteroatoms. The fourth-order valence-corrected chi connectivity index (χ4v) is 8.25. The Hall–Kier alpha value is -3.71. The summed E-state index contributed by atoms with van der Waals surface area (Å²) in [6.07, 6.45) is 5.77. The molecule has 0 amide bonds. The number of H-pyrrole nitrogens is 1. The van der Waals surface area contributed by atoms with Crippen molar-refractivity contribution < 1.29 is 39.0 Å². The molecule has 5 heterocycles. The fourth-order valence-electron chi connectivity index (χ4n) is 6.72. The zero-order valence-corrected chi connectivity index (χ0v) is 30.9. The van der Waals surface area contributed by atoms with Crippen LogP contribution in [0.3, 0.4) is 0 Å². The van der Waals surface area contributed by atoms with Crippen molar-refractivity contribution in [3.8, 4) is 11.5 Å². The number of hydrogen-bond acceptors (Lipinski definition) is 10. The van der Waals surface area contributed by atoms with E-state index in [2.05, 4.69) is 15.2 Å². The lowest BCUT2D eigenvalue weighted by atomic mass is 9.86. The van der Waals surface area contributed by atoms with Crippen LogP contribution in [0.1, 0.15) is 51.4 Å². The predicted octanol–water partition coefficient (Wildman–Crippen LogP) is 6.29. The van der Waals surface area contributed by atoms with Crippen molar-refractivity contribution in [2.24, 2.45) is 5.92 Å². The van der Waals surface area contributed by atoms with Crippen molar-refractivity contribution in [3.63, 3.8) is 0 Å². The van der Waals surface area contributed by atoms with Gasteiger partial charge in [-0.05, 0) is 73.7 Å². The Kier molecular flexibility index (Phi) is 13.7. The van der Waals surface area contributed by atoms with E-state index in [9.17, 15) is 9.59 Å². The van der Waals surface area contributed by atoms with E-state index < -0.39 is 12.1 Å². The van der Waals surface area contributed by atoms with E-state index in [-0.39, 0.29) is 36.4 Å². The zero-order valence-electron chi connectivity index (χ0n) is 28.6. The number of piperidine rings is 3. The van der Waals surface area contributed by atoms with Crippen LogP contribution < -0.4 is 19.8 Å². The van der Waals surface area contributed by atoms with Gasteiger partial charge < -0.3 is 29.7 Å². The van der Waals surface area contributed by atoms with Crippen LogP contribution in [0.5, 0.6) is 11.5 Å². The molecule has 3 atom stereocenters. The van der Waals surface area contributed by atoms with Crippen molar-refractivity contribution in [3.05, 3.63) is 110 Å². The number of thiophene rings is 1. The SMILES string of the molecule is COc1ccc([C@H](Cc2c(Cl)c[nH+]cc2Cl)OC(=O)Cc2ccc(CCNC(C(=O)O[C@H]3CN4CCC3CC4)c3ccccc3)s2)cc1OC.[OH-]. The van der Waals surface area contributed by atoms with Gasteiger partial charge in [0.25, 0.3) is 0 Å². The molecule has 3 aliphatic heterocycles. The van der Waals surface area contributed by atoms with E-state index >= 15 is 0 Å². The second kappa shape index (κ2) is 18.2. The first kappa shape index (κ1) is 38.5. The topological polar surface area (TPSA) is 130 Å². The van der Waals surface area contributed by atoms with E-state index in [4.69, 9.17) is 42.1 Å². The first-order valence-electron chi connectivity index (χ1n) is 16.9. The molecule has 0 aliphatic carbocycles. The van der Waals surface area contributed by atoms with E-state index in [0.717, 1.165) is 47.8 Å². The third-order valence-electron chi connectivity index (χ3n) is 9.43. The summed E-state index contributed by atoms with van der Waals surface area (Å²) in [7, 11) is 3.12. The van der Waals surface area contributed by atoms with Crippen molar-refractivity contribution >= 4 is 46.5 Å². The number of hydrogen-bond donors (Lipinski definition) is 1. The van der Waals surface area contributed by atoms with Crippen LogP contribution >= 0.6 is 34.5 Å². The standard InChI is InChI=1S/C38H41Cl2N3O6S.H2O/c1-46-32-11-8-26(18-34(32)47-2)33(20-29-30(39)21-41-22-31(29)40)48-36(44)19-28-10-9-27(50-28)12-15-42-37(25-6-4-3-5-7-25)38(45)49-35-23-43-16-13-24(35)14-17-43;/h3-11,18,21-22,24,33,35,37,42H,12-17,19-20,23H2,1-2H3;1H2/t33-,35-,37?;/m0./s1. The van der Waals surface area contributed by atoms with Crippen LogP contribution in [0, 0.1) is 5.92 Å². The van der Waals surface area contributed by atoms with Crippen molar-refractivity contribution in [2.75, 3.05) is 40.4 Å². The summed E-state index contributed by atoms with van der Waals surface area (Å²) in [4.78, 5) is 34.1. The van der Waals surface area contributed by atoms with E-state index in [1.165, 1.54) is 0 Å². The largest absolute Gasteiger partial charge is 0.870 e. The number of nitrogens with one attached hydrogen (secondary N) is 2. The number of carbonyl (C=O) groups is 2. The third-order valence-corrected chi connectivity index (χ3v) is 11.2. The molecule has 2 bridgehead atoms.